The summed E-state index contributed by atoms with van der Waals surface area (Å²) in [7, 11) is 0. The van der Waals surface area contributed by atoms with Gasteiger partial charge in [0.25, 0.3) is 0 Å². The summed E-state index contributed by atoms with van der Waals surface area (Å²) in [6.45, 7) is 1.23. The first-order valence-corrected chi connectivity index (χ1v) is 8.97. The van der Waals surface area contributed by atoms with Crippen LogP contribution in [0.1, 0.15) is 12.0 Å². The lowest BCUT2D eigenvalue weighted by atomic mass is 10.1. The number of anilines is 2. The molecule has 1 aromatic carbocycles. The molecule has 27 heavy (non-hydrogen) atoms. The van der Waals surface area contributed by atoms with Crippen LogP contribution in [0, 0.1) is 5.82 Å². The third kappa shape index (κ3) is 5.39. The van der Waals surface area contributed by atoms with Crippen molar-refractivity contribution in [3.8, 4) is 11.1 Å². The number of aliphatic hydroxyl groups is 1. The largest absolute Gasteiger partial charge is 0.396 e. The van der Waals surface area contributed by atoms with Gasteiger partial charge in [0.2, 0.25) is 0 Å². The van der Waals surface area contributed by atoms with Crippen molar-refractivity contribution in [3.05, 3.63) is 71.4 Å². The number of aromatic nitrogens is 2. The minimum atomic E-state index is -0.258. The maximum absolute atomic E-state index is 13.3. The molecule has 0 radical (unpaired) electrons. The molecule has 0 bridgehead atoms. The molecule has 2 aromatic heterocycles. The molecule has 0 aliphatic carbocycles. The smallest absolute Gasteiger partial charge is 0.126 e. The monoisotopic (exact) mass is 386 g/mol. The van der Waals surface area contributed by atoms with Crippen LogP contribution >= 0.6 is 11.6 Å². The highest BCUT2D eigenvalue weighted by molar-refractivity contribution is 6.33. The molecule has 0 saturated carbocycles. The van der Waals surface area contributed by atoms with Crippen molar-refractivity contribution in [1.29, 1.82) is 0 Å². The van der Waals surface area contributed by atoms with Gasteiger partial charge in [0, 0.05) is 49.4 Å². The van der Waals surface area contributed by atoms with Crippen LogP contribution in [0.25, 0.3) is 11.1 Å². The van der Waals surface area contributed by atoms with E-state index in [1.165, 1.54) is 12.1 Å². The molecule has 0 amide bonds. The molecule has 3 rings (SSSR count). The summed E-state index contributed by atoms with van der Waals surface area (Å²) in [5.74, 6) is 0.423. The number of benzene rings is 1. The van der Waals surface area contributed by atoms with Gasteiger partial charge >= 0.3 is 0 Å². The molecular formula is C20H20ClFN4O. The molecule has 0 aliphatic heterocycles. The van der Waals surface area contributed by atoms with E-state index in [-0.39, 0.29) is 12.4 Å². The molecular weight excluding hydrogens is 367 g/mol. The van der Waals surface area contributed by atoms with Crippen LogP contribution in [0.15, 0.2) is 55.0 Å². The van der Waals surface area contributed by atoms with Crippen LogP contribution in [-0.2, 0) is 6.54 Å². The summed E-state index contributed by atoms with van der Waals surface area (Å²) >= 11 is 6.31. The molecule has 3 aromatic rings. The number of halogens is 2. The van der Waals surface area contributed by atoms with Gasteiger partial charge in [0.1, 0.15) is 11.6 Å². The van der Waals surface area contributed by atoms with Gasteiger partial charge < -0.3 is 15.7 Å². The van der Waals surface area contributed by atoms with Gasteiger partial charge in [-0.15, -0.1) is 0 Å². The Morgan fingerprint density at radius 1 is 1.07 bits per heavy atom. The van der Waals surface area contributed by atoms with Gasteiger partial charge in [-0.05, 0) is 36.2 Å². The van der Waals surface area contributed by atoms with Crippen LogP contribution < -0.4 is 10.6 Å². The van der Waals surface area contributed by atoms with E-state index >= 15 is 0 Å². The fraction of sp³-hybridized carbons (Fsp3) is 0.200. The minimum absolute atomic E-state index is 0.121. The van der Waals surface area contributed by atoms with Crippen LogP contribution in [0.2, 0.25) is 5.02 Å². The van der Waals surface area contributed by atoms with E-state index in [0.717, 1.165) is 22.4 Å². The molecule has 0 aliphatic rings. The molecule has 2 heterocycles. The van der Waals surface area contributed by atoms with E-state index in [9.17, 15) is 4.39 Å². The van der Waals surface area contributed by atoms with E-state index < -0.39 is 0 Å². The second kappa shape index (κ2) is 9.30. The molecule has 0 atom stereocenters. The average Bonchev–Trinajstić information content (AvgIpc) is 2.68. The summed E-state index contributed by atoms with van der Waals surface area (Å²) in [5, 5.41) is 15.8. The number of pyridine rings is 2. The van der Waals surface area contributed by atoms with Crippen molar-refractivity contribution in [3.63, 3.8) is 0 Å². The van der Waals surface area contributed by atoms with E-state index in [2.05, 4.69) is 20.6 Å². The molecule has 5 nitrogen and oxygen atoms in total. The Morgan fingerprint density at radius 2 is 1.96 bits per heavy atom. The topological polar surface area (TPSA) is 70.1 Å². The van der Waals surface area contributed by atoms with Crippen LogP contribution in [-0.4, -0.2) is 28.2 Å². The highest BCUT2D eigenvalue weighted by Crippen LogP contribution is 2.30. The number of aliphatic hydroxyl groups excluding tert-OH is 1. The first kappa shape index (κ1) is 19.1. The number of hydrogen-bond donors (Lipinski definition) is 3. The summed E-state index contributed by atoms with van der Waals surface area (Å²) < 4.78 is 13.3. The SMILES string of the molecule is OCCCNc1cc(-c2cncc(NCc3cccc(F)c3)c2)c(Cl)cn1. The Bertz CT molecular complexity index is 907. The van der Waals surface area contributed by atoms with Crippen molar-refractivity contribution >= 4 is 23.1 Å². The van der Waals surface area contributed by atoms with Gasteiger partial charge in [-0.2, -0.15) is 0 Å². The van der Waals surface area contributed by atoms with E-state index in [4.69, 9.17) is 16.7 Å². The van der Waals surface area contributed by atoms with Gasteiger partial charge in [-0.3, -0.25) is 4.98 Å². The molecule has 0 saturated heterocycles. The van der Waals surface area contributed by atoms with E-state index in [1.54, 1.807) is 24.7 Å². The maximum Gasteiger partial charge on any atom is 0.126 e. The standard InChI is InChI=1S/C20H20ClFN4O/c21-19-13-26-20(24-5-2-6-27)9-18(19)15-8-17(12-23-11-15)25-10-14-3-1-4-16(22)7-14/h1,3-4,7-9,11-13,25,27H,2,5-6,10H2,(H,24,26). The van der Waals surface area contributed by atoms with Crippen molar-refractivity contribution in [2.45, 2.75) is 13.0 Å². The second-order valence-electron chi connectivity index (χ2n) is 6.00. The average molecular weight is 387 g/mol. The number of rotatable bonds is 8. The quantitative estimate of drug-likeness (QED) is 0.502. The third-order valence-electron chi connectivity index (χ3n) is 3.93. The van der Waals surface area contributed by atoms with Crippen LogP contribution in [0.3, 0.4) is 0 Å². The molecule has 0 fully saturated rings. The normalized spacial score (nSPS) is 10.6. The molecule has 140 valence electrons. The zero-order chi connectivity index (χ0) is 19.1. The number of nitrogens with one attached hydrogen (secondary N) is 2. The van der Waals surface area contributed by atoms with Crippen molar-refractivity contribution in [2.75, 3.05) is 23.8 Å². The second-order valence-corrected chi connectivity index (χ2v) is 6.41. The molecule has 0 unspecified atom stereocenters. The number of hydrogen-bond acceptors (Lipinski definition) is 5. The molecule has 3 N–H and O–H groups in total. The summed E-state index contributed by atoms with van der Waals surface area (Å²) in [6.07, 6.45) is 5.66. The lowest BCUT2D eigenvalue weighted by Gasteiger charge is -2.11. The lowest BCUT2D eigenvalue weighted by molar-refractivity contribution is 0.292. The Balaban J connectivity index is 1.75. The Labute approximate surface area is 162 Å². The predicted molar refractivity (Wildman–Crippen MR) is 106 cm³/mol. The first-order valence-electron chi connectivity index (χ1n) is 8.60. The molecule has 7 heteroatoms. The van der Waals surface area contributed by atoms with Crippen molar-refractivity contribution in [2.24, 2.45) is 0 Å². The van der Waals surface area contributed by atoms with Crippen molar-refractivity contribution in [1.82, 2.24) is 9.97 Å². The summed E-state index contributed by atoms with van der Waals surface area (Å²) in [6, 6.07) is 10.2. The minimum Gasteiger partial charge on any atom is -0.396 e. The Kier molecular flexibility index (Phi) is 6.57. The number of nitrogens with zero attached hydrogens (tertiary/aromatic N) is 2. The fourth-order valence-corrected chi connectivity index (χ4v) is 2.80. The van der Waals surface area contributed by atoms with Gasteiger partial charge in [0.15, 0.2) is 0 Å². The Morgan fingerprint density at radius 3 is 2.78 bits per heavy atom. The van der Waals surface area contributed by atoms with Gasteiger partial charge in [-0.1, -0.05) is 23.7 Å². The zero-order valence-electron chi connectivity index (χ0n) is 14.6. The first-order chi connectivity index (χ1) is 13.2. The Hall–Kier alpha value is -2.70. The highest BCUT2D eigenvalue weighted by Gasteiger charge is 2.08. The van der Waals surface area contributed by atoms with Crippen molar-refractivity contribution < 1.29 is 9.50 Å². The van der Waals surface area contributed by atoms with E-state index in [1.807, 2.05) is 18.2 Å². The predicted octanol–water partition coefficient (Wildman–Crippen LogP) is 4.34. The van der Waals surface area contributed by atoms with E-state index in [0.29, 0.717) is 30.4 Å². The zero-order valence-corrected chi connectivity index (χ0v) is 15.4. The fourth-order valence-electron chi connectivity index (χ4n) is 2.59. The highest BCUT2D eigenvalue weighted by atomic mass is 35.5. The maximum atomic E-state index is 13.3. The third-order valence-corrected chi connectivity index (χ3v) is 4.23. The summed E-state index contributed by atoms with van der Waals surface area (Å²) in [4.78, 5) is 8.51. The van der Waals surface area contributed by atoms with Crippen LogP contribution in [0.4, 0.5) is 15.9 Å². The lowest BCUT2D eigenvalue weighted by Crippen LogP contribution is -2.05. The summed E-state index contributed by atoms with van der Waals surface area (Å²) in [5.41, 5.74) is 3.30. The van der Waals surface area contributed by atoms with Gasteiger partial charge in [0.05, 0.1) is 10.7 Å². The van der Waals surface area contributed by atoms with Gasteiger partial charge in [-0.25, -0.2) is 9.37 Å². The molecule has 0 spiro atoms. The van der Waals surface area contributed by atoms with Crippen LogP contribution in [0.5, 0.6) is 0 Å².